The number of carbonyl (C=O) groups excluding carboxylic acids is 1. The predicted octanol–water partition coefficient (Wildman–Crippen LogP) is 3.82. The Morgan fingerprint density at radius 2 is 1.72 bits per heavy atom. The van der Waals surface area contributed by atoms with Crippen LogP contribution >= 0.6 is 0 Å². The second kappa shape index (κ2) is 6.56. The van der Waals surface area contributed by atoms with Crippen molar-refractivity contribution < 1.29 is 9.90 Å². The van der Waals surface area contributed by atoms with Crippen molar-refractivity contribution in [3.63, 3.8) is 0 Å². The lowest BCUT2D eigenvalue weighted by atomic mass is 9.48. The number of carbonyl (C=O) groups is 1. The van der Waals surface area contributed by atoms with Gasteiger partial charge in [0.1, 0.15) is 0 Å². The second-order valence-corrected chi connectivity index (χ2v) is 8.40. The molecular formula is C21H28N2O2. The number of amides is 1. The number of rotatable bonds is 5. The number of nitrogens with one attached hydrogen (secondary N) is 1. The van der Waals surface area contributed by atoms with Crippen LogP contribution in [0.25, 0.3) is 0 Å². The summed E-state index contributed by atoms with van der Waals surface area (Å²) in [6, 6.07) is 9.03. The summed E-state index contributed by atoms with van der Waals surface area (Å²) >= 11 is 0. The van der Waals surface area contributed by atoms with Gasteiger partial charge in [-0.3, -0.25) is 4.79 Å². The number of hydrogen-bond donors (Lipinski definition) is 2. The van der Waals surface area contributed by atoms with Crippen LogP contribution < -0.4 is 5.43 Å². The normalized spacial score (nSPS) is 34.8. The standard InChI is InChI=1S/C21H28N2O2/c1-2-18(21-11-14-8-15(12-21)10-16(9-14)13-21)22-23-20(25)19(24)17-6-4-3-5-7-17/h3-7,14-16,19,24H,2,8-13H2,1H3,(H,23,25)/b22-18+/t14?,15?,16?,19-,21?/m0/s1. The minimum Gasteiger partial charge on any atom is -0.378 e. The van der Waals surface area contributed by atoms with E-state index in [1.807, 2.05) is 18.2 Å². The molecule has 1 aromatic carbocycles. The van der Waals surface area contributed by atoms with Crippen molar-refractivity contribution in [1.29, 1.82) is 0 Å². The molecule has 0 aliphatic heterocycles. The Morgan fingerprint density at radius 1 is 1.16 bits per heavy atom. The molecule has 4 fully saturated rings. The lowest BCUT2D eigenvalue weighted by Gasteiger charge is -2.57. The molecule has 1 amide bonds. The first-order valence-electron chi connectivity index (χ1n) is 9.69. The lowest BCUT2D eigenvalue weighted by Crippen LogP contribution is -2.50. The van der Waals surface area contributed by atoms with Crippen LogP contribution in [-0.2, 0) is 4.79 Å². The molecule has 5 rings (SSSR count). The smallest absolute Gasteiger partial charge is 0.273 e. The van der Waals surface area contributed by atoms with Crippen LogP contribution in [0.1, 0.15) is 63.5 Å². The van der Waals surface area contributed by atoms with Crippen LogP contribution in [0.4, 0.5) is 0 Å². The van der Waals surface area contributed by atoms with E-state index in [1.54, 1.807) is 12.1 Å². The predicted molar refractivity (Wildman–Crippen MR) is 97.9 cm³/mol. The first-order chi connectivity index (χ1) is 12.1. The Labute approximate surface area is 149 Å². The van der Waals surface area contributed by atoms with Crippen LogP contribution in [0.2, 0.25) is 0 Å². The summed E-state index contributed by atoms with van der Waals surface area (Å²) in [5.74, 6) is 2.12. The van der Waals surface area contributed by atoms with E-state index in [0.717, 1.165) is 29.9 Å². The highest BCUT2D eigenvalue weighted by molar-refractivity contribution is 5.92. The van der Waals surface area contributed by atoms with Crippen molar-refractivity contribution in [2.24, 2.45) is 28.3 Å². The number of hydrazone groups is 1. The average Bonchev–Trinajstić information content (AvgIpc) is 2.61. The number of aliphatic hydroxyl groups is 1. The van der Waals surface area contributed by atoms with E-state index >= 15 is 0 Å². The summed E-state index contributed by atoms with van der Waals surface area (Å²) in [5, 5.41) is 14.8. The third-order valence-electron chi connectivity index (χ3n) is 6.65. The summed E-state index contributed by atoms with van der Waals surface area (Å²) in [7, 11) is 0. The first-order valence-corrected chi connectivity index (χ1v) is 9.69. The van der Waals surface area contributed by atoms with E-state index in [9.17, 15) is 9.90 Å². The quantitative estimate of drug-likeness (QED) is 0.632. The van der Waals surface area contributed by atoms with Crippen molar-refractivity contribution in [2.45, 2.75) is 58.0 Å². The van der Waals surface area contributed by atoms with Gasteiger partial charge < -0.3 is 5.11 Å². The van der Waals surface area contributed by atoms with E-state index in [1.165, 1.54) is 38.5 Å². The van der Waals surface area contributed by atoms with Gasteiger partial charge in [0, 0.05) is 11.1 Å². The molecule has 4 bridgehead atoms. The molecule has 1 aromatic rings. The molecule has 0 spiro atoms. The molecule has 0 aromatic heterocycles. The third-order valence-corrected chi connectivity index (χ3v) is 6.65. The van der Waals surface area contributed by atoms with Crippen LogP contribution in [-0.4, -0.2) is 16.7 Å². The number of hydrogen-bond acceptors (Lipinski definition) is 3. The molecule has 4 heteroatoms. The summed E-state index contributed by atoms with van der Waals surface area (Å²) < 4.78 is 0. The Bertz CT molecular complexity index is 632. The van der Waals surface area contributed by atoms with Gasteiger partial charge in [0.15, 0.2) is 6.10 Å². The summed E-state index contributed by atoms with van der Waals surface area (Å²) in [6.07, 6.45) is 7.61. The molecule has 134 valence electrons. The van der Waals surface area contributed by atoms with Crippen LogP contribution in [0, 0.1) is 23.2 Å². The van der Waals surface area contributed by atoms with Gasteiger partial charge in [-0.05, 0) is 68.3 Å². The van der Waals surface area contributed by atoms with E-state index in [4.69, 9.17) is 0 Å². The van der Waals surface area contributed by atoms with Crippen LogP contribution in [0.15, 0.2) is 35.4 Å². The zero-order valence-electron chi connectivity index (χ0n) is 14.9. The first kappa shape index (κ1) is 16.8. The molecule has 25 heavy (non-hydrogen) atoms. The largest absolute Gasteiger partial charge is 0.378 e. The molecule has 0 heterocycles. The fourth-order valence-electron chi connectivity index (χ4n) is 6.01. The van der Waals surface area contributed by atoms with Crippen molar-refractivity contribution >= 4 is 11.6 Å². The molecule has 4 nitrogen and oxygen atoms in total. The van der Waals surface area contributed by atoms with Gasteiger partial charge in [-0.1, -0.05) is 37.3 Å². The van der Waals surface area contributed by atoms with Gasteiger partial charge in [-0.25, -0.2) is 5.43 Å². The molecule has 4 saturated carbocycles. The third kappa shape index (κ3) is 3.12. The lowest BCUT2D eigenvalue weighted by molar-refractivity contribution is -0.129. The molecule has 0 radical (unpaired) electrons. The van der Waals surface area contributed by atoms with Gasteiger partial charge >= 0.3 is 0 Å². The van der Waals surface area contributed by atoms with E-state index in [0.29, 0.717) is 5.56 Å². The fourth-order valence-corrected chi connectivity index (χ4v) is 6.01. The number of aliphatic hydroxyl groups excluding tert-OH is 1. The fraction of sp³-hybridized carbons (Fsp3) is 0.619. The van der Waals surface area contributed by atoms with Gasteiger partial charge in [0.05, 0.1) is 0 Å². The number of nitrogens with zero attached hydrogens (tertiary/aromatic N) is 1. The second-order valence-electron chi connectivity index (χ2n) is 8.40. The Kier molecular flexibility index (Phi) is 4.40. The van der Waals surface area contributed by atoms with Crippen molar-refractivity contribution in [3.8, 4) is 0 Å². The van der Waals surface area contributed by atoms with Gasteiger partial charge in [0.2, 0.25) is 0 Å². The average molecular weight is 340 g/mol. The molecule has 4 aliphatic carbocycles. The molecule has 0 unspecified atom stereocenters. The highest BCUT2D eigenvalue weighted by atomic mass is 16.3. The molecular weight excluding hydrogens is 312 g/mol. The Hall–Kier alpha value is -1.68. The summed E-state index contributed by atoms with van der Waals surface area (Å²) in [6.45, 7) is 2.14. The topological polar surface area (TPSA) is 61.7 Å². The van der Waals surface area contributed by atoms with Crippen molar-refractivity contribution in [2.75, 3.05) is 0 Å². The minimum absolute atomic E-state index is 0.203. The number of benzene rings is 1. The minimum atomic E-state index is -1.17. The maximum atomic E-state index is 12.3. The molecule has 4 aliphatic rings. The highest BCUT2D eigenvalue weighted by Crippen LogP contribution is 2.60. The maximum Gasteiger partial charge on any atom is 0.273 e. The van der Waals surface area contributed by atoms with E-state index in [2.05, 4.69) is 17.5 Å². The summed E-state index contributed by atoms with van der Waals surface area (Å²) in [5.41, 5.74) is 4.60. The van der Waals surface area contributed by atoms with E-state index in [-0.39, 0.29) is 5.41 Å². The summed E-state index contributed by atoms with van der Waals surface area (Å²) in [4.78, 5) is 12.3. The van der Waals surface area contributed by atoms with Gasteiger partial charge in [0.25, 0.3) is 5.91 Å². The van der Waals surface area contributed by atoms with Gasteiger partial charge in [-0.2, -0.15) is 5.10 Å². The maximum absolute atomic E-state index is 12.3. The Morgan fingerprint density at radius 3 is 2.24 bits per heavy atom. The molecule has 1 atom stereocenters. The SMILES string of the molecule is CC/C(=N\NC(=O)[C@@H](O)c1ccccc1)C12CC3CC(CC(C3)C1)C2. The molecule has 2 N–H and O–H groups in total. The molecule has 0 saturated heterocycles. The van der Waals surface area contributed by atoms with Crippen LogP contribution in [0.3, 0.4) is 0 Å². The van der Waals surface area contributed by atoms with Crippen LogP contribution in [0.5, 0.6) is 0 Å². The van der Waals surface area contributed by atoms with Gasteiger partial charge in [-0.15, -0.1) is 0 Å². The zero-order chi connectivity index (χ0) is 17.4. The Balaban J connectivity index is 1.49. The van der Waals surface area contributed by atoms with Crippen molar-refractivity contribution in [1.82, 2.24) is 5.43 Å². The monoisotopic (exact) mass is 340 g/mol. The zero-order valence-corrected chi connectivity index (χ0v) is 14.9. The van der Waals surface area contributed by atoms with E-state index < -0.39 is 12.0 Å². The highest BCUT2D eigenvalue weighted by Gasteiger charge is 2.52. The van der Waals surface area contributed by atoms with Crippen molar-refractivity contribution in [3.05, 3.63) is 35.9 Å².